The van der Waals surface area contributed by atoms with Crippen LogP contribution in [0.25, 0.3) is 0 Å². The molecule has 0 aromatic rings. The molecule has 0 amide bonds. The largest absolute Gasteiger partial charge is 0.596 e. The predicted octanol–water partition coefficient (Wildman–Crippen LogP) is 0.913. The van der Waals surface area contributed by atoms with Crippen molar-refractivity contribution in [2.45, 2.75) is 41.7 Å². The van der Waals surface area contributed by atoms with Gasteiger partial charge in [0.15, 0.2) is 0 Å². The van der Waals surface area contributed by atoms with Gasteiger partial charge in [-0.2, -0.15) is 0 Å². The van der Waals surface area contributed by atoms with Crippen molar-refractivity contribution in [3.63, 3.8) is 0 Å². The molecule has 98 valence electrons. The van der Waals surface area contributed by atoms with Crippen molar-refractivity contribution in [2.24, 2.45) is 0 Å². The fraction of sp³-hybridized carbons (Fsp3) is 1.00. The summed E-state index contributed by atoms with van der Waals surface area (Å²) in [7, 11) is 0. The van der Waals surface area contributed by atoms with Crippen molar-refractivity contribution in [3.8, 4) is 0 Å². The molecule has 3 fully saturated rings. The Labute approximate surface area is 110 Å². The molecule has 2 saturated heterocycles. The third-order valence-electron chi connectivity index (χ3n) is 3.76. The highest BCUT2D eigenvalue weighted by molar-refractivity contribution is 8.13. The third kappa shape index (κ3) is 2.77. The average molecular weight is 276 g/mol. The first kappa shape index (κ1) is 12.6. The van der Waals surface area contributed by atoms with Crippen molar-refractivity contribution in [1.29, 1.82) is 0 Å². The van der Waals surface area contributed by atoms with Gasteiger partial charge in [0.05, 0.1) is 37.7 Å². The molecule has 4 unspecified atom stereocenters. The number of hydrogen-bond acceptors (Lipinski definition) is 5. The molecular weight excluding hydrogens is 256 g/mol. The molecule has 17 heavy (non-hydrogen) atoms. The van der Waals surface area contributed by atoms with Crippen LogP contribution in [0.3, 0.4) is 0 Å². The molecule has 0 aromatic heterocycles. The van der Waals surface area contributed by atoms with E-state index >= 15 is 0 Å². The van der Waals surface area contributed by atoms with E-state index in [0.717, 1.165) is 26.3 Å². The summed E-state index contributed by atoms with van der Waals surface area (Å²) >= 11 is 1.01. The average Bonchev–Trinajstić information content (AvgIpc) is 2.82. The monoisotopic (exact) mass is 276 g/mol. The number of ether oxygens (including phenoxy) is 1. The zero-order valence-electron chi connectivity index (χ0n) is 9.97. The Bertz CT molecular complexity index is 250. The summed E-state index contributed by atoms with van der Waals surface area (Å²) in [6, 6.07) is 0.601. The Hall–Kier alpha value is 0.540. The molecule has 0 bridgehead atoms. The van der Waals surface area contributed by atoms with Gasteiger partial charge in [-0.25, -0.2) is 0 Å². The summed E-state index contributed by atoms with van der Waals surface area (Å²) in [5.74, 6) is 0. The van der Waals surface area contributed by atoms with E-state index in [0.29, 0.717) is 11.3 Å². The first-order chi connectivity index (χ1) is 8.34. The summed E-state index contributed by atoms with van der Waals surface area (Å²) in [5.41, 5.74) is 0. The summed E-state index contributed by atoms with van der Waals surface area (Å²) in [4.78, 5) is 0. The Morgan fingerprint density at radius 2 is 2.00 bits per heavy atom. The summed E-state index contributed by atoms with van der Waals surface area (Å²) in [6.07, 6.45) is 5.21. The Morgan fingerprint density at radius 1 is 1.24 bits per heavy atom. The van der Waals surface area contributed by atoms with E-state index in [2.05, 4.69) is 9.62 Å². The smallest absolute Gasteiger partial charge is 0.234 e. The fourth-order valence-corrected chi connectivity index (χ4v) is 6.31. The minimum Gasteiger partial charge on any atom is -0.596 e. The van der Waals surface area contributed by atoms with Crippen LogP contribution in [0.4, 0.5) is 0 Å². The molecule has 3 aliphatic rings. The van der Waals surface area contributed by atoms with E-state index < -0.39 is 11.4 Å². The molecule has 4 nitrogen and oxygen atoms in total. The van der Waals surface area contributed by atoms with Gasteiger partial charge in [0.1, 0.15) is 0 Å². The normalized spacial score (nSPS) is 41.1. The zero-order chi connectivity index (χ0) is 11.7. The Kier molecular flexibility index (Phi) is 4.19. The molecule has 3 rings (SSSR count). The summed E-state index contributed by atoms with van der Waals surface area (Å²) in [6.45, 7) is 3.05. The Morgan fingerprint density at radius 3 is 2.76 bits per heavy atom. The van der Waals surface area contributed by atoms with Crippen LogP contribution in [0.2, 0.25) is 0 Å². The predicted molar refractivity (Wildman–Crippen MR) is 71.1 cm³/mol. The molecule has 1 aliphatic carbocycles. The number of fused-ring (bicyclic) bond motifs is 1. The second-order valence-corrected chi connectivity index (χ2v) is 8.07. The molecule has 4 atom stereocenters. The number of hydrogen-bond donors (Lipinski definition) is 1. The lowest BCUT2D eigenvalue weighted by atomic mass is 9.95. The number of thioether (sulfide) groups is 1. The van der Waals surface area contributed by atoms with E-state index in [1.807, 2.05) is 11.8 Å². The minimum atomic E-state index is -0.893. The molecule has 0 aromatic carbocycles. The number of nitrogens with zero attached hydrogens (tertiary/aromatic N) is 1. The van der Waals surface area contributed by atoms with E-state index in [-0.39, 0.29) is 4.71 Å². The van der Waals surface area contributed by atoms with Gasteiger partial charge in [-0.1, -0.05) is 24.6 Å². The number of rotatable bonds is 2. The van der Waals surface area contributed by atoms with Gasteiger partial charge in [-0.15, -0.1) is 4.31 Å². The van der Waals surface area contributed by atoms with E-state index in [4.69, 9.17) is 4.74 Å². The van der Waals surface area contributed by atoms with Gasteiger partial charge < -0.3 is 9.29 Å². The van der Waals surface area contributed by atoms with Crippen molar-refractivity contribution in [2.75, 3.05) is 26.3 Å². The molecule has 2 heterocycles. The second-order valence-electron chi connectivity index (χ2n) is 4.88. The lowest BCUT2D eigenvalue weighted by Crippen LogP contribution is -2.48. The number of morpholine rings is 1. The lowest BCUT2D eigenvalue weighted by molar-refractivity contribution is 0.0728. The zero-order valence-corrected chi connectivity index (χ0v) is 11.6. The number of nitrogens with one attached hydrogen (secondary N) is 1. The van der Waals surface area contributed by atoms with Crippen molar-refractivity contribution in [3.05, 3.63) is 0 Å². The van der Waals surface area contributed by atoms with E-state index in [1.165, 1.54) is 25.7 Å². The van der Waals surface area contributed by atoms with Gasteiger partial charge >= 0.3 is 0 Å². The van der Waals surface area contributed by atoms with Crippen molar-refractivity contribution < 1.29 is 9.29 Å². The van der Waals surface area contributed by atoms with Gasteiger partial charge in [0.25, 0.3) is 0 Å². The summed E-state index contributed by atoms with van der Waals surface area (Å²) < 4.78 is 19.9. The SMILES string of the molecule is [O-][S+](C1NC2CCCCC2S1)N1CCOCC1. The molecule has 0 radical (unpaired) electrons. The maximum Gasteiger partial charge on any atom is 0.234 e. The van der Waals surface area contributed by atoms with Gasteiger partial charge in [-0.3, -0.25) is 5.32 Å². The molecular formula is C11H20N2O2S2. The first-order valence-electron chi connectivity index (χ1n) is 6.49. The highest BCUT2D eigenvalue weighted by Crippen LogP contribution is 2.39. The van der Waals surface area contributed by atoms with Crippen LogP contribution < -0.4 is 5.32 Å². The van der Waals surface area contributed by atoms with Gasteiger partial charge in [-0.05, 0) is 12.8 Å². The Balaban J connectivity index is 1.57. The van der Waals surface area contributed by atoms with Crippen LogP contribution in [0, 0.1) is 0 Å². The van der Waals surface area contributed by atoms with Gasteiger partial charge in [0, 0.05) is 11.3 Å². The van der Waals surface area contributed by atoms with Crippen molar-refractivity contribution >= 4 is 23.1 Å². The standard InChI is InChI=1S/C11H20N2O2S2/c14-17(13-5-7-15-8-6-13)11-12-9-3-1-2-4-10(9)16-11/h9-12H,1-8H2. The lowest BCUT2D eigenvalue weighted by Gasteiger charge is -2.30. The van der Waals surface area contributed by atoms with Crippen LogP contribution in [0.5, 0.6) is 0 Å². The van der Waals surface area contributed by atoms with Crippen LogP contribution in [-0.4, -0.2) is 51.2 Å². The van der Waals surface area contributed by atoms with Gasteiger partial charge in [0.2, 0.25) is 4.71 Å². The molecule has 1 N–H and O–H groups in total. The van der Waals surface area contributed by atoms with E-state index in [9.17, 15) is 4.55 Å². The molecule has 6 heteroatoms. The molecule has 1 saturated carbocycles. The quantitative estimate of drug-likeness (QED) is 0.760. The first-order valence-corrected chi connectivity index (χ1v) is 8.61. The van der Waals surface area contributed by atoms with Crippen molar-refractivity contribution in [1.82, 2.24) is 9.62 Å². The third-order valence-corrected chi connectivity index (χ3v) is 7.26. The maximum atomic E-state index is 12.4. The van der Waals surface area contributed by atoms with Crippen LogP contribution in [0.1, 0.15) is 25.7 Å². The maximum absolute atomic E-state index is 12.4. The van der Waals surface area contributed by atoms with Crippen LogP contribution >= 0.6 is 11.8 Å². The topological polar surface area (TPSA) is 47.6 Å². The van der Waals surface area contributed by atoms with E-state index in [1.54, 1.807) is 0 Å². The van der Waals surface area contributed by atoms with Crippen LogP contribution in [-0.2, 0) is 16.1 Å². The fourth-order valence-electron chi connectivity index (χ4n) is 2.79. The van der Waals surface area contributed by atoms with Crippen LogP contribution in [0.15, 0.2) is 0 Å². The highest BCUT2D eigenvalue weighted by Gasteiger charge is 2.43. The minimum absolute atomic E-state index is 0.112. The molecule has 0 spiro atoms. The molecule has 2 aliphatic heterocycles. The highest BCUT2D eigenvalue weighted by atomic mass is 32.3. The second kappa shape index (κ2) is 5.67. The summed E-state index contributed by atoms with van der Waals surface area (Å²) in [5, 5.41) is 4.26.